The molecule has 1 saturated heterocycles. The van der Waals surface area contributed by atoms with Crippen molar-refractivity contribution in [3.8, 4) is 0 Å². The number of likely N-dealkylation sites (tertiary alicyclic amines) is 1. The number of imidazole rings is 1. The summed E-state index contributed by atoms with van der Waals surface area (Å²) >= 11 is 0. The maximum atomic E-state index is 13.8. The van der Waals surface area contributed by atoms with Crippen LogP contribution in [0, 0.1) is 5.92 Å². The van der Waals surface area contributed by atoms with E-state index in [1.165, 1.54) is 4.90 Å². The standard InChI is InChI=1S/C31H44N8O6.C2HF3O2/c1-6-45-15-23-35-25-26(39(23)16-31(4,5)44)18-10-7-8-11-20(18)34-27(25)37-29(42)24(17(2)3)36-28(41)21-12-9-13-38(21)30(43)19(32)14-22(33)40;3-2(4,5)1(6)7/h7-8,10-11,17,19,21,24,44H,6,9,12-16,32H2,1-5H3,(H2,33,40)(H,36,41)(H,34,37,42);(H,6,7)/t19-,21-,24-;/m0./s1. The van der Waals surface area contributed by atoms with E-state index in [1.807, 2.05) is 35.8 Å². The Labute approximate surface area is 297 Å². The van der Waals surface area contributed by atoms with Crippen LogP contribution in [0.15, 0.2) is 24.3 Å². The van der Waals surface area contributed by atoms with Crippen LogP contribution in [0.5, 0.6) is 0 Å². The Kier molecular flexibility index (Phi) is 13.7. The second kappa shape index (κ2) is 17.1. The van der Waals surface area contributed by atoms with Gasteiger partial charge in [-0.15, -0.1) is 0 Å². The summed E-state index contributed by atoms with van der Waals surface area (Å²) in [5.74, 6) is -4.56. The highest BCUT2D eigenvalue weighted by Gasteiger charge is 2.39. The Morgan fingerprint density at radius 3 is 2.31 bits per heavy atom. The van der Waals surface area contributed by atoms with Crippen LogP contribution in [0.1, 0.15) is 59.7 Å². The SMILES string of the molecule is CCOCc1nc2c(NC(=O)[C@@H](NC(=O)[C@@H]3CCCN3C(=O)[C@@H](N)CC(N)=O)C(C)C)nc3ccccc3c2n1CC(C)(C)O.O=C(O)C(F)(F)F. The van der Waals surface area contributed by atoms with Gasteiger partial charge in [0, 0.05) is 18.5 Å². The van der Waals surface area contributed by atoms with Gasteiger partial charge < -0.3 is 46.5 Å². The number of alkyl halides is 3. The molecule has 0 saturated carbocycles. The van der Waals surface area contributed by atoms with Gasteiger partial charge in [0.1, 0.15) is 30.0 Å². The van der Waals surface area contributed by atoms with Crippen molar-refractivity contribution in [3.63, 3.8) is 0 Å². The quantitative estimate of drug-likeness (QED) is 0.148. The third-order valence-electron chi connectivity index (χ3n) is 7.95. The first-order chi connectivity index (χ1) is 24.2. The maximum Gasteiger partial charge on any atom is 0.490 e. The zero-order chi connectivity index (χ0) is 39.1. The van der Waals surface area contributed by atoms with E-state index < -0.39 is 59.5 Å². The predicted molar refractivity (Wildman–Crippen MR) is 182 cm³/mol. The van der Waals surface area contributed by atoms with E-state index in [0.29, 0.717) is 48.4 Å². The van der Waals surface area contributed by atoms with Crippen LogP contribution in [0.25, 0.3) is 21.9 Å². The average Bonchev–Trinajstić information content (AvgIpc) is 3.66. The molecule has 16 nitrogen and oxygen atoms in total. The lowest BCUT2D eigenvalue weighted by atomic mass is 10.0. The number of aromatic nitrogens is 3. The van der Waals surface area contributed by atoms with Gasteiger partial charge in [0.2, 0.25) is 23.6 Å². The fourth-order valence-corrected chi connectivity index (χ4v) is 5.63. The zero-order valence-corrected chi connectivity index (χ0v) is 29.5. The number of para-hydroxylation sites is 1. The van der Waals surface area contributed by atoms with E-state index in [1.54, 1.807) is 27.7 Å². The number of primary amides is 1. The molecule has 1 aliphatic rings. The first-order valence-electron chi connectivity index (χ1n) is 16.5. The van der Waals surface area contributed by atoms with Crippen molar-refractivity contribution >= 4 is 57.4 Å². The molecule has 0 unspecified atom stereocenters. The molecular weight excluding hydrogens is 693 g/mol. The molecule has 1 aromatic carbocycles. The Bertz CT molecular complexity index is 1790. The smallest absolute Gasteiger partial charge is 0.475 e. The number of nitrogens with one attached hydrogen (secondary N) is 2. The monoisotopic (exact) mass is 738 g/mol. The third kappa shape index (κ3) is 10.6. The third-order valence-corrected chi connectivity index (χ3v) is 7.95. The second-order valence-corrected chi connectivity index (χ2v) is 13.2. The molecule has 3 aromatic rings. The summed E-state index contributed by atoms with van der Waals surface area (Å²) in [6.07, 6.45) is -4.45. The number of aliphatic hydroxyl groups is 1. The number of carboxylic acids is 1. The van der Waals surface area contributed by atoms with Crippen LogP contribution in [-0.2, 0) is 41.9 Å². The molecule has 0 bridgehead atoms. The van der Waals surface area contributed by atoms with Gasteiger partial charge in [-0.25, -0.2) is 14.8 Å². The molecule has 3 heterocycles. The van der Waals surface area contributed by atoms with E-state index in [-0.39, 0.29) is 31.3 Å². The number of amides is 4. The lowest BCUT2D eigenvalue weighted by Crippen LogP contribution is -2.56. The topological polar surface area (TPSA) is 245 Å². The van der Waals surface area contributed by atoms with Crippen LogP contribution >= 0.6 is 0 Å². The van der Waals surface area contributed by atoms with E-state index in [0.717, 1.165) is 5.39 Å². The van der Waals surface area contributed by atoms with Gasteiger partial charge in [-0.3, -0.25) is 19.2 Å². The molecule has 4 rings (SSSR count). The molecule has 0 spiro atoms. The number of nitrogens with zero attached hydrogens (tertiary/aromatic N) is 4. The second-order valence-electron chi connectivity index (χ2n) is 13.2. The number of ether oxygens (including phenoxy) is 1. The first kappa shape index (κ1) is 41.5. The lowest BCUT2D eigenvalue weighted by molar-refractivity contribution is -0.192. The van der Waals surface area contributed by atoms with Crippen molar-refractivity contribution < 1.29 is 52.1 Å². The van der Waals surface area contributed by atoms with E-state index in [4.69, 9.17) is 36.1 Å². The number of aliphatic carboxylic acids is 1. The zero-order valence-electron chi connectivity index (χ0n) is 29.5. The molecule has 52 heavy (non-hydrogen) atoms. The predicted octanol–water partition coefficient (Wildman–Crippen LogP) is 1.80. The number of carboxylic acid groups (broad SMARTS) is 1. The number of fused-ring (bicyclic) bond motifs is 3. The molecule has 1 aliphatic heterocycles. The van der Waals surface area contributed by atoms with E-state index in [9.17, 15) is 37.5 Å². The first-order valence-corrected chi connectivity index (χ1v) is 16.5. The number of pyridine rings is 1. The molecule has 286 valence electrons. The Morgan fingerprint density at radius 2 is 1.75 bits per heavy atom. The fourth-order valence-electron chi connectivity index (χ4n) is 5.63. The van der Waals surface area contributed by atoms with Crippen molar-refractivity contribution in [2.24, 2.45) is 17.4 Å². The lowest BCUT2D eigenvalue weighted by Gasteiger charge is -2.29. The summed E-state index contributed by atoms with van der Waals surface area (Å²) in [6.45, 7) is 10.1. The molecule has 1 fully saturated rings. The van der Waals surface area contributed by atoms with Crippen LogP contribution < -0.4 is 22.1 Å². The molecule has 3 atom stereocenters. The highest BCUT2D eigenvalue weighted by atomic mass is 19.4. The van der Waals surface area contributed by atoms with Gasteiger partial charge in [-0.2, -0.15) is 13.2 Å². The normalized spacial score (nSPS) is 16.0. The number of nitrogens with two attached hydrogens (primary N) is 2. The summed E-state index contributed by atoms with van der Waals surface area (Å²) in [7, 11) is 0. The van der Waals surface area contributed by atoms with Gasteiger partial charge in [0.25, 0.3) is 0 Å². The van der Waals surface area contributed by atoms with E-state index >= 15 is 0 Å². The Hall–Kier alpha value is -4.88. The van der Waals surface area contributed by atoms with Gasteiger partial charge >= 0.3 is 12.1 Å². The minimum atomic E-state index is -5.08. The summed E-state index contributed by atoms with van der Waals surface area (Å²) < 4.78 is 39.3. The molecule has 2 aromatic heterocycles. The van der Waals surface area contributed by atoms with Gasteiger partial charge in [0.05, 0.1) is 35.6 Å². The van der Waals surface area contributed by atoms with Crippen LogP contribution in [0.4, 0.5) is 19.0 Å². The molecule has 8 N–H and O–H groups in total. The van der Waals surface area contributed by atoms with Crippen molar-refractivity contribution in [1.29, 1.82) is 0 Å². The maximum absolute atomic E-state index is 13.8. The number of carbonyl (C=O) groups is 5. The Balaban J connectivity index is 0.000000944. The van der Waals surface area contributed by atoms with Gasteiger partial charge in [-0.1, -0.05) is 32.0 Å². The number of hydrogen-bond acceptors (Lipinski definition) is 10. The number of rotatable bonds is 13. The average molecular weight is 739 g/mol. The largest absolute Gasteiger partial charge is 0.490 e. The molecule has 0 radical (unpaired) electrons. The highest BCUT2D eigenvalue weighted by Crippen LogP contribution is 2.32. The molecule has 0 aliphatic carbocycles. The Morgan fingerprint density at radius 1 is 1.12 bits per heavy atom. The van der Waals surface area contributed by atoms with Crippen molar-refractivity contribution in [2.75, 3.05) is 18.5 Å². The van der Waals surface area contributed by atoms with Gasteiger partial charge in [0.15, 0.2) is 5.82 Å². The number of carbonyl (C=O) groups excluding carboxylic acids is 4. The molecule has 4 amide bonds. The fraction of sp³-hybridized carbons (Fsp3) is 0.545. The summed E-state index contributed by atoms with van der Waals surface area (Å²) in [4.78, 5) is 71.2. The van der Waals surface area contributed by atoms with E-state index in [2.05, 4.69) is 10.6 Å². The molecular formula is C33H45F3N8O8. The van der Waals surface area contributed by atoms with Crippen molar-refractivity contribution in [3.05, 3.63) is 30.1 Å². The highest BCUT2D eigenvalue weighted by molar-refractivity contribution is 6.10. The van der Waals surface area contributed by atoms with Gasteiger partial charge in [-0.05, 0) is 45.6 Å². The number of halogens is 3. The summed E-state index contributed by atoms with van der Waals surface area (Å²) in [6, 6.07) is 4.49. The minimum absolute atomic E-state index is 0.188. The summed E-state index contributed by atoms with van der Waals surface area (Å²) in [5, 5.41) is 24.4. The molecule has 19 heteroatoms. The van der Waals surface area contributed by atoms with Crippen molar-refractivity contribution in [2.45, 2.75) is 96.9 Å². The van der Waals surface area contributed by atoms with Crippen molar-refractivity contribution in [1.82, 2.24) is 24.8 Å². The number of hydrogen-bond donors (Lipinski definition) is 6. The number of benzene rings is 1. The summed E-state index contributed by atoms with van der Waals surface area (Å²) in [5.41, 5.74) is 11.7. The van der Waals surface area contributed by atoms with Crippen LogP contribution in [0.2, 0.25) is 0 Å². The minimum Gasteiger partial charge on any atom is -0.475 e. The van der Waals surface area contributed by atoms with Crippen LogP contribution in [0.3, 0.4) is 0 Å². The van der Waals surface area contributed by atoms with Crippen LogP contribution in [-0.4, -0.2) is 102 Å². The number of anilines is 1.